The first kappa shape index (κ1) is 17.7. The summed E-state index contributed by atoms with van der Waals surface area (Å²) >= 11 is 0. The van der Waals surface area contributed by atoms with Gasteiger partial charge in [0, 0.05) is 41.3 Å². The maximum Gasteiger partial charge on any atom is 0.207 e. The number of nitrogens with one attached hydrogen (secondary N) is 3. The lowest BCUT2D eigenvalue weighted by atomic mass is 9.80. The minimum atomic E-state index is -0.218. The van der Waals surface area contributed by atoms with Crippen molar-refractivity contribution in [3.05, 3.63) is 66.1 Å². The molecule has 1 saturated carbocycles. The summed E-state index contributed by atoms with van der Waals surface area (Å²) in [5.41, 5.74) is 5.07. The van der Waals surface area contributed by atoms with Gasteiger partial charge in [0.15, 0.2) is 5.78 Å². The zero-order valence-corrected chi connectivity index (χ0v) is 15.9. The summed E-state index contributed by atoms with van der Waals surface area (Å²) in [4.78, 5) is 31.9. The molecule has 6 nitrogen and oxygen atoms in total. The number of amides is 1. The first-order valence-electron chi connectivity index (χ1n) is 9.92. The molecule has 1 aromatic carbocycles. The minimum Gasteiger partial charge on any atom is -0.356 e. The molecule has 146 valence electrons. The zero-order chi connectivity index (χ0) is 19.8. The predicted molar refractivity (Wildman–Crippen MR) is 111 cm³/mol. The summed E-state index contributed by atoms with van der Waals surface area (Å²) in [6.07, 6.45) is 7.34. The van der Waals surface area contributed by atoms with E-state index in [1.165, 1.54) is 0 Å². The van der Waals surface area contributed by atoms with Crippen LogP contribution in [0.2, 0.25) is 0 Å². The van der Waals surface area contributed by atoms with Crippen LogP contribution >= 0.6 is 0 Å². The number of aromatic nitrogens is 2. The molecule has 29 heavy (non-hydrogen) atoms. The summed E-state index contributed by atoms with van der Waals surface area (Å²) in [6.45, 7) is 0. The van der Waals surface area contributed by atoms with Crippen LogP contribution in [0.3, 0.4) is 0 Å². The summed E-state index contributed by atoms with van der Waals surface area (Å²) in [5.74, 6) is 0.242. The molecular weight excluding hydrogens is 364 g/mol. The van der Waals surface area contributed by atoms with Crippen LogP contribution in [-0.2, 0) is 11.2 Å². The Morgan fingerprint density at radius 1 is 1.07 bits per heavy atom. The summed E-state index contributed by atoms with van der Waals surface area (Å²) < 4.78 is 0. The van der Waals surface area contributed by atoms with Crippen molar-refractivity contribution in [2.75, 3.05) is 5.32 Å². The van der Waals surface area contributed by atoms with Crippen molar-refractivity contribution in [3.8, 4) is 11.3 Å². The van der Waals surface area contributed by atoms with Gasteiger partial charge in [-0.1, -0.05) is 18.2 Å². The smallest absolute Gasteiger partial charge is 0.207 e. The van der Waals surface area contributed by atoms with Crippen molar-refractivity contribution >= 4 is 23.6 Å². The fraction of sp³-hybridized carbons (Fsp3) is 0.261. The van der Waals surface area contributed by atoms with E-state index in [1.807, 2.05) is 42.5 Å². The van der Waals surface area contributed by atoms with Crippen LogP contribution in [0.1, 0.15) is 35.3 Å². The second-order valence-electron chi connectivity index (χ2n) is 7.90. The van der Waals surface area contributed by atoms with Gasteiger partial charge in [-0.2, -0.15) is 0 Å². The number of fused-ring (bicyclic) bond motifs is 1. The maximum absolute atomic E-state index is 13.2. The van der Waals surface area contributed by atoms with Gasteiger partial charge in [0.25, 0.3) is 0 Å². The number of benzene rings is 1. The molecular formula is C23H22N4O2. The van der Waals surface area contributed by atoms with Gasteiger partial charge < -0.3 is 15.6 Å². The fourth-order valence-electron chi connectivity index (χ4n) is 4.50. The van der Waals surface area contributed by atoms with Crippen LogP contribution in [0, 0.1) is 5.92 Å². The van der Waals surface area contributed by atoms with Gasteiger partial charge in [0.2, 0.25) is 6.41 Å². The number of nitrogens with zero attached hydrogens (tertiary/aromatic N) is 1. The molecule has 3 N–H and O–H groups in total. The second kappa shape index (κ2) is 6.88. The number of para-hydroxylation sites is 1. The van der Waals surface area contributed by atoms with Gasteiger partial charge in [-0.3, -0.25) is 14.6 Å². The topological polar surface area (TPSA) is 86.9 Å². The lowest BCUT2D eigenvalue weighted by Crippen LogP contribution is -2.41. The molecule has 2 heterocycles. The Labute approximate surface area is 168 Å². The highest BCUT2D eigenvalue weighted by atomic mass is 16.1. The zero-order valence-electron chi connectivity index (χ0n) is 15.9. The van der Waals surface area contributed by atoms with Gasteiger partial charge in [0.05, 0.1) is 16.9 Å². The number of rotatable bonds is 6. The summed E-state index contributed by atoms with van der Waals surface area (Å²) in [5, 5.41) is 6.44. The van der Waals surface area contributed by atoms with E-state index in [4.69, 9.17) is 0 Å². The molecule has 3 aromatic rings. The highest BCUT2D eigenvalue weighted by Gasteiger charge is 2.51. The maximum atomic E-state index is 13.2. The second-order valence-corrected chi connectivity index (χ2v) is 7.90. The molecule has 0 saturated heterocycles. The van der Waals surface area contributed by atoms with E-state index in [9.17, 15) is 9.59 Å². The monoisotopic (exact) mass is 386 g/mol. The number of ketones is 1. The Bertz CT molecular complexity index is 1060. The first-order valence-corrected chi connectivity index (χ1v) is 9.92. The number of hydrogen-bond acceptors (Lipinski definition) is 4. The van der Waals surface area contributed by atoms with Crippen molar-refractivity contribution in [1.29, 1.82) is 0 Å². The van der Waals surface area contributed by atoms with E-state index in [0.29, 0.717) is 6.42 Å². The number of carbonyl (C=O) groups is 2. The lowest BCUT2D eigenvalue weighted by Gasteiger charge is -2.29. The molecule has 2 aliphatic carbocycles. The highest BCUT2D eigenvalue weighted by molar-refractivity contribution is 6.07. The van der Waals surface area contributed by atoms with Crippen LogP contribution in [0.25, 0.3) is 11.3 Å². The van der Waals surface area contributed by atoms with Crippen LogP contribution in [0.15, 0.2) is 54.9 Å². The molecule has 0 spiro atoms. The number of aromatic amines is 1. The third kappa shape index (κ3) is 3.10. The third-order valence-electron chi connectivity index (χ3n) is 6.17. The van der Waals surface area contributed by atoms with Gasteiger partial charge in [-0.05, 0) is 49.4 Å². The SMILES string of the molecule is O=CNC1(C2CC(=O)c3c([nH]c(-c4ccncc4)c3Nc3ccccc3)C2)CC1. The van der Waals surface area contributed by atoms with Crippen LogP contribution in [0.5, 0.6) is 0 Å². The number of anilines is 2. The van der Waals surface area contributed by atoms with Crippen LogP contribution < -0.4 is 10.6 Å². The van der Waals surface area contributed by atoms with Crippen molar-refractivity contribution in [2.24, 2.45) is 5.92 Å². The predicted octanol–water partition coefficient (Wildman–Crippen LogP) is 3.84. The van der Waals surface area contributed by atoms with E-state index in [2.05, 4.69) is 20.6 Å². The number of carbonyl (C=O) groups excluding carboxylic acids is 2. The number of Topliss-reactive ketones (excluding diaryl/α,β-unsaturated/α-hetero) is 1. The van der Waals surface area contributed by atoms with E-state index in [-0.39, 0.29) is 17.2 Å². The Hall–Kier alpha value is -3.41. The Morgan fingerprint density at radius 3 is 2.52 bits per heavy atom. The van der Waals surface area contributed by atoms with Crippen molar-refractivity contribution in [2.45, 2.75) is 31.2 Å². The molecule has 0 aliphatic heterocycles. The minimum absolute atomic E-state index is 0.116. The Balaban J connectivity index is 1.58. The first-order chi connectivity index (χ1) is 14.2. The van der Waals surface area contributed by atoms with Crippen LogP contribution in [0.4, 0.5) is 11.4 Å². The van der Waals surface area contributed by atoms with Crippen LogP contribution in [-0.4, -0.2) is 27.7 Å². The molecule has 0 radical (unpaired) electrons. The average Bonchev–Trinajstić information content (AvgIpc) is 3.44. The standard InChI is InChI=1S/C23H22N4O2/c28-14-25-23(8-9-23)16-12-18-20(19(29)13-16)22(26-17-4-2-1-3-5-17)21(27-18)15-6-10-24-11-7-15/h1-7,10-11,14,16,26-27H,8-9,12-13H2,(H,25,28). The van der Waals surface area contributed by atoms with Crippen molar-refractivity contribution in [1.82, 2.24) is 15.3 Å². The Morgan fingerprint density at radius 2 is 1.83 bits per heavy atom. The molecule has 1 amide bonds. The van der Waals surface area contributed by atoms with Crippen molar-refractivity contribution < 1.29 is 9.59 Å². The summed E-state index contributed by atoms with van der Waals surface area (Å²) in [6, 6.07) is 13.7. The number of H-pyrrole nitrogens is 1. The molecule has 2 aromatic heterocycles. The van der Waals surface area contributed by atoms with Gasteiger partial charge in [0.1, 0.15) is 0 Å². The van der Waals surface area contributed by atoms with Gasteiger partial charge >= 0.3 is 0 Å². The quantitative estimate of drug-likeness (QED) is 0.562. The van der Waals surface area contributed by atoms with E-state index >= 15 is 0 Å². The summed E-state index contributed by atoms with van der Waals surface area (Å²) in [7, 11) is 0. The van der Waals surface area contributed by atoms with E-state index < -0.39 is 0 Å². The lowest BCUT2D eigenvalue weighted by molar-refractivity contribution is -0.110. The van der Waals surface area contributed by atoms with Crippen molar-refractivity contribution in [3.63, 3.8) is 0 Å². The van der Waals surface area contributed by atoms with E-state index in [1.54, 1.807) is 12.4 Å². The van der Waals surface area contributed by atoms with E-state index in [0.717, 1.165) is 59.6 Å². The average molecular weight is 386 g/mol. The largest absolute Gasteiger partial charge is 0.356 e. The number of hydrogen-bond donors (Lipinski definition) is 3. The number of pyridine rings is 1. The molecule has 1 unspecified atom stereocenters. The molecule has 6 heteroatoms. The fourth-order valence-corrected chi connectivity index (χ4v) is 4.50. The third-order valence-corrected chi connectivity index (χ3v) is 6.17. The molecule has 1 atom stereocenters. The molecule has 1 fully saturated rings. The molecule has 5 rings (SSSR count). The van der Waals surface area contributed by atoms with Gasteiger partial charge in [-0.15, -0.1) is 0 Å². The molecule has 0 bridgehead atoms. The molecule has 2 aliphatic rings. The van der Waals surface area contributed by atoms with Gasteiger partial charge in [-0.25, -0.2) is 0 Å². The Kier molecular flexibility index (Phi) is 4.19. The highest BCUT2D eigenvalue weighted by Crippen LogP contribution is 2.49. The normalized spacial score (nSPS) is 19.3.